The van der Waals surface area contributed by atoms with Crippen molar-refractivity contribution in [1.82, 2.24) is 9.88 Å². The normalized spacial score (nSPS) is 17.8. The van der Waals surface area contributed by atoms with E-state index < -0.39 is 11.2 Å². The van der Waals surface area contributed by atoms with Gasteiger partial charge in [0.1, 0.15) is 11.1 Å². The van der Waals surface area contributed by atoms with Gasteiger partial charge in [-0.15, -0.1) is 5.10 Å². The van der Waals surface area contributed by atoms with Gasteiger partial charge in [-0.25, -0.2) is 4.39 Å². The van der Waals surface area contributed by atoms with Crippen LogP contribution in [0.3, 0.4) is 0 Å². The van der Waals surface area contributed by atoms with Crippen LogP contribution in [0.15, 0.2) is 64.9 Å². The van der Waals surface area contributed by atoms with Crippen molar-refractivity contribution < 1.29 is 19.1 Å². The van der Waals surface area contributed by atoms with Crippen molar-refractivity contribution >= 4 is 45.9 Å². The van der Waals surface area contributed by atoms with Crippen molar-refractivity contribution in [3.63, 3.8) is 0 Å². The summed E-state index contributed by atoms with van der Waals surface area (Å²) in [5, 5.41) is 20.0. The Hall–Kier alpha value is -3.46. The Morgan fingerprint density at radius 3 is 2.80 bits per heavy atom. The molecule has 1 aliphatic heterocycles. The second-order valence-corrected chi connectivity index (χ2v) is 7.92. The standard InChI is InChI=1S/C21H17FN4O3S/c22-16-5-2-13(3-6-16)12-26-8-7-15-4-1-14(9-17(15)26)11-23-25-21-24-20(29)18(30-21)10-19(27)28/h1-9,11,18H,10,12H2,(H,27,28)(H,24,25,29). The molecule has 4 rings (SSSR count). The summed E-state index contributed by atoms with van der Waals surface area (Å²) in [6.07, 6.45) is 3.28. The number of fused-ring (bicyclic) bond motifs is 1. The SMILES string of the molecule is O=C(O)CC1SC(=NN=Cc2ccc3ccn(Cc4ccc(F)cc4)c3c2)NC1=O. The van der Waals surface area contributed by atoms with Gasteiger partial charge in [-0.05, 0) is 40.8 Å². The van der Waals surface area contributed by atoms with E-state index >= 15 is 0 Å². The van der Waals surface area contributed by atoms with E-state index in [9.17, 15) is 14.0 Å². The summed E-state index contributed by atoms with van der Waals surface area (Å²) < 4.78 is 15.2. The minimum Gasteiger partial charge on any atom is -0.481 e. The molecule has 1 amide bonds. The number of hydrogen-bond acceptors (Lipinski definition) is 5. The molecule has 2 N–H and O–H groups in total. The van der Waals surface area contributed by atoms with Gasteiger partial charge in [0.15, 0.2) is 5.17 Å². The minimum atomic E-state index is -1.04. The van der Waals surface area contributed by atoms with Crippen molar-refractivity contribution in [2.75, 3.05) is 0 Å². The number of thioether (sulfide) groups is 1. The predicted octanol–water partition coefficient (Wildman–Crippen LogP) is 3.22. The van der Waals surface area contributed by atoms with Gasteiger partial charge in [-0.2, -0.15) is 5.10 Å². The number of aromatic nitrogens is 1. The lowest BCUT2D eigenvalue weighted by atomic mass is 10.1. The molecule has 1 fully saturated rings. The number of amides is 1. The molecule has 1 saturated heterocycles. The van der Waals surface area contributed by atoms with E-state index in [-0.39, 0.29) is 23.3 Å². The average molecular weight is 424 g/mol. The molecule has 2 heterocycles. The van der Waals surface area contributed by atoms with Crippen LogP contribution >= 0.6 is 11.8 Å². The first-order valence-corrected chi connectivity index (χ1v) is 9.99. The summed E-state index contributed by atoms with van der Waals surface area (Å²) in [5.41, 5.74) is 2.81. The summed E-state index contributed by atoms with van der Waals surface area (Å²) in [5.74, 6) is -1.68. The number of carbonyl (C=O) groups excluding carboxylic acids is 1. The number of nitrogens with zero attached hydrogens (tertiary/aromatic N) is 3. The number of nitrogens with one attached hydrogen (secondary N) is 1. The Labute approximate surface area is 175 Å². The number of amidine groups is 1. The Kier molecular flexibility index (Phi) is 5.62. The van der Waals surface area contributed by atoms with Crippen molar-refractivity contribution in [1.29, 1.82) is 0 Å². The molecule has 3 aromatic rings. The molecule has 0 bridgehead atoms. The van der Waals surface area contributed by atoms with Crippen LogP contribution in [0, 0.1) is 5.82 Å². The number of rotatable bonds is 6. The molecule has 7 nitrogen and oxygen atoms in total. The van der Waals surface area contributed by atoms with E-state index in [1.807, 2.05) is 30.5 Å². The number of aliphatic carboxylic acids is 1. The molecule has 1 atom stereocenters. The highest BCUT2D eigenvalue weighted by molar-refractivity contribution is 8.15. The summed E-state index contributed by atoms with van der Waals surface area (Å²) in [6.45, 7) is 0.611. The molecule has 0 spiro atoms. The zero-order valence-electron chi connectivity index (χ0n) is 15.7. The number of carboxylic acid groups (broad SMARTS) is 1. The lowest BCUT2D eigenvalue weighted by molar-refractivity contribution is -0.138. The van der Waals surface area contributed by atoms with Crippen molar-refractivity contribution in [3.8, 4) is 0 Å². The van der Waals surface area contributed by atoms with Crippen LogP contribution in [0.2, 0.25) is 0 Å². The Balaban J connectivity index is 1.49. The fraction of sp³-hybridized carbons (Fsp3) is 0.143. The summed E-state index contributed by atoms with van der Waals surface area (Å²) in [7, 11) is 0. The van der Waals surface area contributed by atoms with E-state index in [1.54, 1.807) is 18.3 Å². The van der Waals surface area contributed by atoms with Gasteiger partial charge in [0.25, 0.3) is 0 Å². The largest absolute Gasteiger partial charge is 0.481 e. The zero-order chi connectivity index (χ0) is 21.1. The van der Waals surface area contributed by atoms with Gasteiger partial charge in [0, 0.05) is 18.3 Å². The fourth-order valence-electron chi connectivity index (χ4n) is 3.10. The van der Waals surface area contributed by atoms with Gasteiger partial charge in [0.05, 0.1) is 12.6 Å². The zero-order valence-corrected chi connectivity index (χ0v) is 16.5. The van der Waals surface area contributed by atoms with Crippen LogP contribution in [-0.4, -0.2) is 38.2 Å². The minimum absolute atomic E-state index is 0.262. The van der Waals surface area contributed by atoms with Gasteiger partial charge < -0.3 is 15.0 Å². The smallest absolute Gasteiger partial charge is 0.305 e. The summed E-state index contributed by atoms with van der Waals surface area (Å²) in [6, 6.07) is 14.3. The third-order valence-electron chi connectivity index (χ3n) is 4.56. The Bertz CT molecular complexity index is 1170. The van der Waals surface area contributed by atoms with Gasteiger partial charge in [0.2, 0.25) is 5.91 Å². The maximum absolute atomic E-state index is 13.1. The van der Waals surface area contributed by atoms with Crippen molar-refractivity contribution in [2.24, 2.45) is 10.2 Å². The molecule has 30 heavy (non-hydrogen) atoms. The number of benzene rings is 2. The Morgan fingerprint density at radius 2 is 2.03 bits per heavy atom. The lowest BCUT2D eigenvalue weighted by Gasteiger charge is -2.06. The molecule has 0 radical (unpaired) electrons. The quantitative estimate of drug-likeness (QED) is 0.469. The molecule has 1 aliphatic rings. The van der Waals surface area contributed by atoms with Gasteiger partial charge in [-0.3, -0.25) is 9.59 Å². The molecule has 152 valence electrons. The second kappa shape index (κ2) is 8.50. The van der Waals surface area contributed by atoms with Crippen LogP contribution in [0.5, 0.6) is 0 Å². The van der Waals surface area contributed by atoms with E-state index in [1.165, 1.54) is 12.1 Å². The van der Waals surface area contributed by atoms with E-state index in [4.69, 9.17) is 5.11 Å². The molecule has 2 aromatic carbocycles. The molecular weight excluding hydrogens is 407 g/mol. The Morgan fingerprint density at radius 1 is 1.23 bits per heavy atom. The first-order chi connectivity index (χ1) is 14.5. The van der Waals surface area contributed by atoms with Crippen LogP contribution in [0.25, 0.3) is 10.9 Å². The average Bonchev–Trinajstić information content (AvgIpc) is 3.26. The van der Waals surface area contributed by atoms with Gasteiger partial charge >= 0.3 is 5.97 Å². The maximum atomic E-state index is 13.1. The molecular formula is C21H17FN4O3S. The first kappa shape index (κ1) is 19.8. The van der Waals surface area contributed by atoms with Crippen molar-refractivity contribution in [2.45, 2.75) is 18.2 Å². The highest BCUT2D eigenvalue weighted by Gasteiger charge is 2.32. The topological polar surface area (TPSA) is 96.0 Å². The molecule has 0 saturated carbocycles. The van der Waals surface area contributed by atoms with Crippen molar-refractivity contribution in [3.05, 3.63) is 71.7 Å². The van der Waals surface area contributed by atoms with E-state index in [2.05, 4.69) is 20.1 Å². The number of carbonyl (C=O) groups is 2. The molecule has 0 aliphatic carbocycles. The number of carboxylic acids is 1. The van der Waals surface area contributed by atoms with Crippen LogP contribution in [0.4, 0.5) is 4.39 Å². The third-order valence-corrected chi connectivity index (χ3v) is 5.63. The maximum Gasteiger partial charge on any atom is 0.305 e. The lowest BCUT2D eigenvalue weighted by Crippen LogP contribution is -2.26. The highest BCUT2D eigenvalue weighted by Crippen LogP contribution is 2.22. The summed E-state index contributed by atoms with van der Waals surface area (Å²) in [4.78, 5) is 22.5. The molecule has 1 aromatic heterocycles. The monoisotopic (exact) mass is 424 g/mol. The highest BCUT2D eigenvalue weighted by atomic mass is 32.2. The number of hydrogen-bond donors (Lipinski definition) is 2. The molecule has 1 unspecified atom stereocenters. The van der Waals surface area contributed by atoms with Crippen LogP contribution in [-0.2, 0) is 16.1 Å². The van der Waals surface area contributed by atoms with Crippen LogP contribution in [0.1, 0.15) is 17.5 Å². The van der Waals surface area contributed by atoms with E-state index in [0.29, 0.717) is 6.54 Å². The van der Waals surface area contributed by atoms with E-state index in [0.717, 1.165) is 33.8 Å². The van der Waals surface area contributed by atoms with Crippen LogP contribution < -0.4 is 5.32 Å². The van der Waals surface area contributed by atoms with Gasteiger partial charge in [-0.1, -0.05) is 36.0 Å². The fourth-order valence-corrected chi connectivity index (χ4v) is 4.01. The molecule has 9 heteroatoms. The predicted molar refractivity (Wildman–Crippen MR) is 114 cm³/mol. The number of halogens is 1. The first-order valence-electron chi connectivity index (χ1n) is 9.11. The second-order valence-electron chi connectivity index (χ2n) is 6.73. The third kappa shape index (κ3) is 4.57. The summed E-state index contributed by atoms with van der Waals surface area (Å²) >= 11 is 1.05.